The second-order valence-electron chi connectivity index (χ2n) is 4.52. The molecule has 1 aromatic carbocycles. The van der Waals surface area contributed by atoms with Crippen LogP contribution in [0, 0.1) is 0 Å². The summed E-state index contributed by atoms with van der Waals surface area (Å²) in [6.07, 6.45) is 1.82. The van der Waals surface area contributed by atoms with Gasteiger partial charge in [-0.05, 0) is 24.0 Å². The van der Waals surface area contributed by atoms with Gasteiger partial charge in [-0.15, -0.1) is 11.3 Å². The monoisotopic (exact) mass is 246 g/mol. The fourth-order valence-corrected chi connectivity index (χ4v) is 2.35. The number of benzene rings is 1. The molecule has 90 valence electrons. The van der Waals surface area contributed by atoms with E-state index in [1.54, 1.807) is 11.3 Å². The lowest BCUT2D eigenvalue weighted by atomic mass is 10.00. The van der Waals surface area contributed by atoms with E-state index >= 15 is 0 Å². The highest BCUT2D eigenvalue weighted by Crippen LogP contribution is 2.22. The van der Waals surface area contributed by atoms with E-state index in [0.29, 0.717) is 12.0 Å². The number of nitrogens with one attached hydrogen (secondary N) is 1. The van der Waals surface area contributed by atoms with Gasteiger partial charge in [-0.2, -0.15) is 0 Å². The topological polar surface area (TPSA) is 24.9 Å². The maximum absolute atomic E-state index is 4.23. The summed E-state index contributed by atoms with van der Waals surface area (Å²) < 4.78 is 0. The zero-order valence-corrected chi connectivity index (χ0v) is 11.3. The lowest BCUT2D eigenvalue weighted by Crippen LogP contribution is -2.06. The summed E-state index contributed by atoms with van der Waals surface area (Å²) in [4.78, 5) is 4.23. The van der Waals surface area contributed by atoms with Crippen LogP contribution in [0.25, 0.3) is 0 Å². The minimum absolute atomic E-state index is 0.294. The number of aromatic nitrogens is 1. The van der Waals surface area contributed by atoms with E-state index < -0.39 is 0 Å². The minimum atomic E-state index is 0.294. The first kappa shape index (κ1) is 12.1. The van der Waals surface area contributed by atoms with Gasteiger partial charge in [0.15, 0.2) is 5.13 Å². The van der Waals surface area contributed by atoms with Crippen LogP contribution in [-0.2, 0) is 0 Å². The maximum atomic E-state index is 4.23. The molecule has 0 aliphatic carbocycles. The third-order valence-electron chi connectivity index (χ3n) is 2.88. The lowest BCUT2D eigenvalue weighted by Gasteiger charge is -2.14. The number of hydrogen-bond donors (Lipinski definition) is 1. The van der Waals surface area contributed by atoms with Gasteiger partial charge in [-0.3, -0.25) is 0 Å². The van der Waals surface area contributed by atoms with Gasteiger partial charge < -0.3 is 5.32 Å². The SMILES string of the molecule is CC(C)c1ccc(C(C)Nc2nccs2)cc1. The van der Waals surface area contributed by atoms with Crippen LogP contribution in [-0.4, -0.2) is 4.98 Å². The average molecular weight is 246 g/mol. The molecular weight excluding hydrogens is 228 g/mol. The van der Waals surface area contributed by atoms with E-state index in [9.17, 15) is 0 Å². The van der Waals surface area contributed by atoms with Crippen LogP contribution in [0.15, 0.2) is 35.8 Å². The fraction of sp³-hybridized carbons (Fsp3) is 0.357. The van der Waals surface area contributed by atoms with Crippen LogP contribution in [0.1, 0.15) is 43.9 Å². The molecule has 0 aliphatic heterocycles. The second-order valence-corrected chi connectivity index (χ2v) is 5.42. The number of rotatable bonds is 4. The van der Waals surface area contributed by atoms with Crippen LogP contribution in [0.4, 0.5) is 5.13 Å². The Morgan fingerprint density at radius 2 is 1.71 bits per heavy atom. The van der Waals surface area contributed by atoms with Crippen molar-refractivity contribution in [1.82, 2.24) is 4.98 Å². The van der Waals surface area contributed by atoms with E-state index in [0.717, 1.165) is 5.13 Å². The summed E-state index contributed by atoms with van der Waals surface area (Å²) >= 11 is 1.63. The highest BCUT2D eigenvalue weighted by atomic mass is 32.1. The third kappa shape index (κ3) is 3.07. The molecule has 1 aromatic heterocycles. The number of anilines is 1. The Morgan fingerprint density at radius 1 is 1.06 bits per heavy atom. The lowest BCUT2D eigenvalue weighted by molar-refractivity contribution is 0.851. The Morgan fingerprint density at radius 3 is 2.24 bits per heavy atom. The maximum Gasteiger partial charge on any atom is 0.183 e. The van der Waals surface area contributed by atoms with E-state index in [1.165, 1.54) is 11.1 Å². The molecular formula is C14H18N2S. The fourth-order valence-electron chi connectivity index (χ4n) is 1.73. The summed E-state index contributed by atoms with van der Waals surface area (Å²) in [5.74, 6) is 0.589. The van der Waals surface area contributed by atoms with Crippen molar-refractivity contribution >= 4 is 16.5 Å². The van der Waals surface area contributed by atoms with Gasteiger partial charge in [-0.1, -0.05) is 38.1 Å². The Labute approximate surface area is 107 Å². The van der Waals surface area contributed by atoms with Crippen molar-refractivity contribution in [3.05, 3.63) is 47.0 Å². The second kappa shape index (κ2) is 5.32. The quantitative estimate of drug-likeness (QED) is 0.862. The Balaban J connectivity index is 2.06. The van der Waals surface area contributed by atoms with Crippen LogP contribution in [0.3, 0.4) is 0 Å². The predicted octanol–water partition coefficient (Wildman–Crippen LogP) is 4.44. The first-order chi connectivity index (χ1) is 8.16. The molecule has 0 saturated heterocycles. The number of nitrogens with zero attached hydrogens (tertiary/aromatic N) is 1. The van der Waals surface area contributed by atoms with E-state index in [-0.39, 0.29) is 0 Å². The minimum Gasteiger partial charge on any atom is -0.355 e. The van der Waals surface area contributed by atoms with Gasteiger partial charge in [0.1, 0.15) is 0 Å². The molecule has 0 bridgehead atoms. The molecule has 1 N–H and O–H groups in total. The average Bonchev–Trinajstić information content (AvgIpc) is 2.82. The van der Waals surface area contributed by atoms with Crippen molar-refractivity contribution in [2.24, 2.45) is 0 Å². The van der Waals surface area contributed by atoms with Gasteiger partial charge in [0.25, 0.3) is 0 Å². The number of hydrogen-bond acceptors (Lipinski definition) is 3. The summed E-state index contributed by atoms with van der Waals surface area (Å²) in [5.41, 5.74) is 2.68. The third-order valence-corrected chi connectivity index (χ3v) is 3.58. The molecule has 2 rings (SSSR count). The molecule has 0 radical (unpaired) electrons. The Bertz CT molecular complexity index is 446. The van der Waals surface area contributed by atoms with Gasteiger partial charge >= 0.3 is 0 Å². The van der Waals surface area contributed by atoms with E-state index in [4.69, 9.17) is 0 Å². The molecule has 17 heavy (non-hydrogen) atoms. The highest BCUT2D eigenvalue weighted by Gasteiger charge is 2.07. The summed E-state index contributed by atoms with van der Waals surface area (Å²) in [6.45, 7) is 6.59. The Kier molecular flexibility index (Phi) is 3.79. The van der Waals surface area contributed by atoms with E-state index in [2.05, 4.69) is 55.3 Å². The van der Waals surface area contributed by atoms with Gasteiger partial charge in [0.2, 0.25) is 0 Å². The van der Waals surface area contributed by atoms with Crippen molar-refractivity contribution in [1.29, 1.82) is 0 Å². The first-order valence-electron chi connectivity index (χ1n) is 5.92. The Hall–Kier alpha value is -1.35. The standard InChI is InChI=1S/C14H18N2S/c1-10(2)12-4-6-13(7-5-12)11(3)16-14-15-8-9-17-14/h4-11H,1-3H3,(H,15,16). The van der Waals surface area contributed by atoms with Crippen molar-refractivity contribution in [3.8, 4) is 0 Å². The number of thiazole rings is 1. The molecule has 1 heterocycles. The molecule has 0 aliphatic rings. The van der Waals surface area contributed by atoms with Crippen molar-refractivity contribution < 1.29 is 0 Å². The van der Waals surface area contributed by atoms with Crippen LogP contribution >= 0.6 is 11.3 Å². The van der Waals surface area contributed by atoms with Crippen molar-refractivity contribution in [3.63, 3.8) is 0 Å². The van der Waals surface area contributed by atoms with Gasteiger partial charge in [-0.25, -0.2) is 4.98 Å². The van der Waals surface area contributed by atoms with Gasteiger partial charge in [0.05, 0.1) is 6.04 Å². The molecule has 0 spiro atoms. The zero-order valence-electron chi connectivity index (χ0n) is 10.5. The zero-order chi connectivity index (χ0) is 12.3. The highest BCUT2D eigenvalue weighted by molar-refractivity contribution is 7.13. The normalized spacial score (nSPS) is 12.7. The molecule has 0 amide bonds. The predicted molar refractivity (Wildman–Crippen MR) is 74.7 cm³/mol. The largest absolute Gasteiger partial charge is 0.355 e. The summed E-state index contributed by atoms with van der Waals surface area (Å²) in [6, 6.07) is 9.10. The molecule has 1 atom stereocenters. The first-order valence-corrected chi connectivity index (χ1v) is 6.80. The smallest absolute Gasteiger partial charge is 0.183 e. The molecule has 0 fully saturated rings. The molecule has 1 unspecified atom stereocenters. The van der Waals surface area contributed by atoms with Crippen LogP contribution in [0.5, 0.6) is 0 Å². The van der Waals surface area contributed by atoms with E-state index in [1.807, 2.05) is 11.6 Å². The molecule has 3 heteroatoms. The molecule has 2 aromatic rings. The van der Waals surface area contributed by atoms with Crippen LogP contribution in [0.2, 0.25) is 0 Å². The van der Waals surface area contributed by atoms with Gasteiger partial charge in [0, 0.05) is 11.6 Å². The molecule has 2 nitrogen and oxygen atoms in total. The molecule has 0 saturated carbocycles. The summed E-state index contributed by atoms with van der Waals surface area (Å²) in [7, 11) is 0. The van der Waals surface area contributed by atoms with Crippen molar-refractivity contribution in [2.45, 2.75) is 32.7 Å². The van der Waals surface area contributed by atoms with Crippen LogP contribution < -0.4 is 5.32 Å². The van der Waals surface area contributed by atoms with Crippen molar-refractivity contribution in [2.75, 3.05) is 5.32 Å². The summed E-state index contributed by atoms with van der Waals surface area (Å²) in [5, 5.41) is 6.35.